The van der Waals surface area contributed by atoms with Crippen LogP contribution in [0.3, 0.4) is 0 Å². The smallest absolute Gasteiger partial charge is 0.257 e. The van der Waals surface area contributed by atoms with Crippen LogP contribution in [0.15, 0.2) is 114 Å². The first kappa shape index (κ1) is 46.3. The Labute approximate surface area is 409 Å². The zero-order valence-corrected chi connectivity index (χ0v) is 44.4. The van der Waals surface area contributed by atoms with Crippen molar-refractivity contribution < 1.29 is 4.42 Å². The number of nitrogens with zero attached hydrogens (tertiary/aromatic N) is 2. The number of hydrogen-bond acceptors (Lipinski definition) is 3. The van der Waals surface area contributed by atoms with E-state index in [0.717, 1.165) is 24.3 Å². The lowest BCUT2D eigenvalue weighted by atomic mass is 9.33. The highest BCUT2D eigenvalue weighted by atomic mass is 16.4. The van der Waals surface area contributed by atoms with E-state index in [9.17, 15) is 0 Å². The summed E-state index contributed by atoms with van der Waals surface area (Å²) in [4.78, 5) is 5.17. The van der Waals surface area contributed by atoms with E-state index in [1.807, 2.05) is 0 Å². The van der Waals surface area contributed by atoms with Crippen LogP contribution < -0.4 is 26.2 Å². The molecule has 3 heterocycles. The van der Waals surface area contributed by atoms with Gasteiger partial charge in [0.1, 0.15) is 5.58 Å². The van der Waals surface area contributed by atoms with E-state index >= 15 is 0 Å². The molecule has 0 N–H and O–H groups in total. The van der Waals surface area contributed by atoms with Gasteiger partial charge in [-0.1, -0.05) is 178 Å². The molecule has 68 heavy (non-hydrogen) atoms. The molecule has 10 rings (SSSR count). The first-order valence-corrected chi connectivity index (χ1v) is 25.4. The lowest BCUT2D eigenvalue weighted by Crippen LogP contribution is -2.62. The van der Waals surface area contributed by atoms with Gasteiger partial charge in [-0.05, 0) is 161 Å². The second kappa shape index (κ2) is 15.3. The van der Waals surface area contributed by atoms with Crippen molar-refractivity contribution in [3.63, 3.8) is 0 Å². The van der Waals surface area contributed by atoms with Crippen molar-refractivity contribution in [3.8, 4) is 11.1 Å². The van der Waals surface area contributed by atoms with Gasteiger partial charge < -0.3 is 14.2 Å². The third-order valence-electron chi connectivity index (χ3n) is 16.1. The summed E-state index contributed by atoms with van der Waals surface area (Å²) in [6.07, 6.45) is 2.32. The van der Waals surface area contributed by atoms with Gasteiger partial charge in [0, 0.05) is 33.6 Å². The molecule has 2 aliphatic heterocycles. The molecule has 0 bridgehead atoms. The second-order valence-corrected chi connectivity index (χ2v) is 26.3. The highest BCUT2D eigenvalue weighted by Gasteiger charge is 2.48. The van der Waals surface area contributed by atoms with Gasteiger partial charge in [0.2, 0.25) is 0 Å². The maximum atomic E-state index is 7.38. The Morgan fingerprint density at radius 2 is 1.04 bits per heavy atom. The molecular weight excluding hydrogens is 824 g/mol. The summed E-state index contributed by atoms with van der Waals surface area (Å²) in [5.74, 6) is 0.959. The molecule has 3 nitrogen and oxygen atoms in total. The molecule has 350 valence electrons. The molecule has 0 fully saturated rings. The summed E-state index contributed by atoms with van der Waals surface area (Å²) >= 11 is 0. The SMILES string of the molecule is Cc1cc2c3c(c1)N(c1ccc(C(C)(C)C)cc1)c1cc4c(cc1B3c1c(oc3ccc(C(C)(C)C)cc13)N2Cc1ccc(C(C)(C)C)cc1-c1ccc(C(C)(C)C)cc1)C(C)(C)CCC4(C)C. The van der Waals surface area contributed by atoms with Crippen LogP contribution in [0.2, 0.25) is 0 Å². The number of benzene rings is 6. The third kappa shape index (κ3) is 7.64. The molecule has 4 heteroatoms. The fourth-order valence-corrected chi connectivity index (χ4v) is 11.6. The summed E-state index contributed by atoms with van der Waals surface area (Å²) < 4.78 is 7.38. The van der Waals surface area contributed by atoms with Gasteiger partial charge in [0.05, 0.1) is 6.54 Å². The summed E-state index contributed by atoms with van der Waals surface area (Å²) in [5, 5.41) is 1.21. The fourth-order valence-electron chi connectivity index (χ4n) is 11.6. The van der Waals surface area contributed by atoms with Crippen LogP contribution in [-0.2, 0) is 39.0 Å². The van der Waals surface area contributed by atoms with Gasteiger partial charge in [0.25, 0.3) is 6.71 Å². The minimum absolute atomic E-state index is 0.00579. The molecule has 0 saturated heterocycles. The normalized spacial score (nSPS) is 16.4. The van der Waals surface area contributed by atoms with Gasteiger partial charge in [-0.3, -0.25) is 0 Å². The van der Waals surface area contributed by atoms with Gasteiger partial charge in [-0.2, -0.15) is 0 Å². The highest BCUT2D eigenvalue weighted by Crippen LogP contribution is 2.51. The summed E-state index contributed by atoms with van der Waals surface area (Å²) in [6.45, 7) is 40.5. The van der Waals surface area contributed by atoms with Crippen LogP contribution in [0.4, 0.5) is 28.6 Å². The topological polar surface area (TPSA) is 19.6 Å². The van der Waals surface area contributed by atoms with Gasteiger partial charge in [-0.25, -0.2) is 0 Å². The maximum absolute atomic E-state index is 7.38. The van der Waals surface area contributed by atoms with Crippen LogP contribution in [0.25, 0.3) is 22.1 Å². The molecule has 0 spiro atoms. The fraction of sp³-hybridized carbons (Fsp3) is 0.406. The van der Waals surface area contributed by atoms with E-state index in [-0.39, 0.29) is 39.2 Å². The van der Waals surface area contributed by atoms with Crippen molar-refractivity contribution in [2.75, 3.05) is 9.80 Å². The van der Waals surface area contributed by atoms with E-state index in [1.165, 1.54) is 100 Å². The molecule has 3 aliphatic rings. The van der Waals surface area contributed by atoms with Crippen molar-refractivity contribution in [1.82, 2.24) is 0 Å². The minimum atomic E-state index is -0.0396. The highest BCUT2D eigenvalue weighted by molar-refractivity contribution is 7.01. The number of furan rings is 1. The summed E-state index contributed by atoms with van der Waals surface area (Å²) in [5.41, 5.74) is 23.4. The Morgan fingerprint density at radius 1 is 0.529 bits per heavy atom. The third-order valence-corrected chi connectivity index (χ3v) is 16.1. The standard InChI is InChI=1S/C64H75BN2O/c1-39-32-53-57-54(33-39)67(46-27-24-43(25-28-46)60(5,6)7)52-37-50-49(63(14,15)30-31-64(50,16)17)36-51(52)65(57)56-48-35-45(62(11,12)13)26-29-55(48)68-58(56)66(53)38-41-20-23-44(61(8,9)10)34-47(41)40-18-21-42(22-19-40)59(2,3)4/h18-29,32-37H,30-31,38H2,1-17H3. The first-order valence-electron chi connectivity index (χ1n) is 25.4. The molecule has 0 saturated carbocycles. The van der Waals surface area contributed by atoms with Crippen molar-refractivity contribution in [2.24, 2.45) is 0 Å². The van der Waals surface area contributed by atoms with Crippen LogP contribution in [0, 0.1) is 6.92 Å². The maximum Gasteiger partial charge on any atom is 0.257 e. The van der Waals surface area contributed by atoms with E-state index in [4.69, 9.17) is 4.42 Å². The molecule has 0 radical (unpaired) electrons. The van der Waals surface area contributed by atoms with Crippen molar-refractivity contribution >= 4 is 62.7 Å². The largest absolute Gasteiger partial charge is 0.441 e. The van der Waals surface area contributed by atoms with Crippen LogP contribution >= 0.6 is 0 Å². The summed E-state index contributed by atoms with van der Waals surface area (Å²) in [6, 6.07) is 43.2. The van der Waals surface area contributed by atoms with E-state index in [0.29, 0.717) is 6.54 Å². The van der Waals surface area contributed by atoms with Gasteiger partial charge >= 0.3 is 0 Å². The van der Waals surface area contributed by atoms with E-state index in [1.54, 1.807) is 0 Å². The molecule has 0 amide bonds. The van der Waals surface area contributed by atoms with Crippen molar-refractivity contribution in [3.05, 3.63) is 154 Å². The van der Waals surface area contributed by atoms with Gasteiger partial charge in [0.15, 0.2) is 5.88 Å². The van der Waals surface area contributed by atoms with E-state index < -0.39 is 0 Å². The van der Waals surface area contributed by atoms with Crippen LogP contribution in [-0.4, -0.2) is 6.71 Å². The molecule has 6 aromatic carbocycles. The Kier molecular flexibility index (Phi) is 10.4. The zero-order valence-electron chi connectivity index (χ0n) is 44.4. The molecular formula is C64H75BN2O. The Bertz CT molecular complexity index is 3130. The Balaban J connectivity index is 1.28. The Hall–Kier alpha value is -5.48. The minimum Gasteiger partial charge on any atom is -0.441 e. The van der Waals surface area contributed by atoms with Gasteiger partial charge in [-0.15, -0.1) is 0 Å². The first-order chi connectivity index (χ1) is 31.6. The monoisotopic (exact) mass is 899 g/mol. The number of fused-ring (bicyclic) bond motifs is 7. The number of rotatable bonds is 4. The number of anilines is 5. The predicted octanol–water partition coefficient (Wildman–Crippen LogP) is 15.9. The predicted molar refractivity (Wildman–Crippen MR) is 295 cm³/mol. The average molecular weight is 899 g/mol. The molecule has 0 unspecified atom stereocenters. The second-order valence-electron chi connectivity index (χ2n) is 26.3. The molecule has 1 aliphatic carbocycles. The quantitative estimate of drug-likeness (QED) is 0.164. The van der Waals surface area contributed by atoms with Crippen LogP contribution in [0.1, 0.15) is 168 Å². The Morgan fingerprint density at radius 3 is 1.63 bits per heavy atom. The molecule has 1 aromatic heterocycles. The lowest BCUT2D eigenvalue weighted by Gasteiger charge is -2.46. The number of aryl methyl sites for hydroxylation is 1. The van der Waals surface area contributed by atoms with E-state index in [2.05, 4.69) is 237 Å². The number of hydrogen-bond donors (Lipinski definition) is 0. The molecule has 7 aromatic rings. The average Bonchev–Trinajstić information content (AvgIpc) is 3.63. The van der Waals surface area contributed by atoms with Crippen molar-refractivity contribution in [2.45, 2.75) is 170 Å². The van der Waals surface area contributed by atoms with Crippen LogP contribution in [0.5, 0.6) is 0 Å². The van der Waals surface area contributed by atoms with Crippen molar-refractivity contribution in [1.29, 1.82) is 0 Å². The molecule has 0 atom stereocenters. The lowest BCUT2D eigenvalue weighted by molar-refractivity contribution is 0.332. The summed E-state index contributed by atoms with van der Waals surface area (Å²) in [7, 11) is 0. The zero-order chi connectivity index (χ0) is 48.8.